The lowest BCUT2D eigenvalue weighted by Gasteiger charge is -2.18. The van der Waals surface area contributed by atoms with Crippen LogP contribution in [0.5, 0.6) is 11.5 Å². The third-order valence-corrected chi connectivity index (χ3v) is 4.27. The highest BCUT2D eigenvalue weighted by Gasteiger charge is 2.15. The van der Waals surface area contributed by atoms with Gasteiger partial charge in [0.2, 0.25) is 0 Å². The first-order valence-electron chi connectivity index (χ1n) is 8.30. The van der Waals surface area contributed by atoms with E-state index in [0.29, 0.717) is 41.3 Å². The number of carbonyl (C=O) groups is 1. The van der Waals surface area contributed by atoms with Crippen molar-refractivity contribution in [2.45, 2.75) is 27.3 Å². The molecule has 0 bridgehead atoms. The predicted octanol–water partition coefficient (Wildman–Crippen LogP) is 4.17. The molecule has 132 valence electrons. The lowest BCUT2D eigenvalue weighted by molar-refractivity contribution is 0.104. The number of hydrogen-bond donors (Lipinski definition) is 0. The number of ketones is 1. The van der Waals surface area contributed by atoms with Crippen LogP contribution in [-0.4, -0.2) is 28.8 Å². The number of allylic oxidation sites excluding steroid dienone is 1. The molecule has 25 heavy (non-hydrogen) atoms. The van der Waals surface area contributed by atoms with E-state index in [4.69, 9.17) is 21.1 Å². The summed E-state index contributed by atoms with van der Waals surface area (Å²) in [5.74, 6) is 1.59. The van der Waals surface area contributed by atoms with E-state index in [1.165, 1.54) is 6.08 Å². The Bertz CT molecular complexity index is 824. The van der Waals surface area contributed by atoms with Gasteiger partial charge in [-0.2, -0.15) is 5.10 Å². The molecular weight excluding hydrogens is 340 g/mol. The van der Waals surface area contributed by atoms with Crippen molar-refractivity contribution in [3.8, 4) is 11.5 Å². The number of fused-ring (bicyclic) bond motifs is 1. The van der Waals surface area contributed by atoms with Gasteiger partial charge >= 0.3 is 0 Å². The molecule has 6 heteroatoms. The molecule has 2 aromatic rings. The summed E-state index contributed by atoms with van der Waals surface area (Å²) in [6, 6.07) is 5.20. The number of ether oxygens (including phenoxy) is 2. The predicted molar refractivity (Wildman–Crippen MR) is 97.6 cm³/mol. The molecule has 0 radical (unpaired) electrons. The normalized spacial score (nSPS) is 13.6. The van der Waals surface area contributed by atoms with E-state index in [2.05, 4.69) is 18.9 Å². The Balaban J connectivity index is 1.80. The van der Waals surface area contributed by atoms with Crippen LogP contribution >= 0.6 is 11.6 Å². The van der Waals surface area contributed by atoms with Gasteiger partial charge in [0, 0.05) is 17.7 Å². The van der Waals surface area contributed by atoms with Crippen LogP contribution in [0.4, 0.5) is 0 Å². The van der Waals surface area contributed by atoms with Gasteiger partial charge in [-0.25, -0.2) is 0 Å². The maximum absolute atomic E-state index is 12.5. The van der Waals surface area contributed by atoms with E-state index in [1.54, 1.807) is 29.0 Å². The van der Waals surface area contributed by atoms with Crippen molar-refractivity contribution in [3.05, 3.63) is 46.2 Å². The van der Waals surface area contributed by atoms with Gasteiger partial charge in [-0.15, -0.1) is 0 Å². The Morgan fingerprint density at radius 3 is 2.76 bits per heavy atom. The number of carbonyl (C=O) groups excluding carboxylic acids is 1. The quantitative estimate of drug-likeness (QED) is 0.593. The lowest BCUT2D eigenvalue weighted by Crippen LogP contribution is -2.15. The van der Waals surface area contributed by atoms with Crippen LogP contribution in [0, 0.1) is 12.8 Å². The highest BCUT2D eigenvalue weighted by molar-refractivity contribution is 6.31. The molecule has 0 atom stereocenters. The zero-order valence-electron chi connectivity index (χ0n) is 14.6. The zero-order valence-corrected chi connectivity index (χ0v) is 15.3. The van der Waals surface area contributed by atoms with Crippen LogP contribution < -0.4 is 9.47 Å². The fourth-order valence-electron chi connectivity index (χ4n) is 2.68. The maximum Gasteiger partial charge on any atom is 0.185 e. The summed E-state index contributed by atoms with van der Waals surface area (Å²) in [5, 5.41) is 5.00. The summed E-state index contributed by atoms with van der Waals surface area (Å²) >= 11 is 6.40. The fraction of sp³-hybridized carbons (Fsp3) is 0.368. The van der Waals surface area contributed by atoms with Crippen molar-refractivity contribution >= 4 is 23.5 Å². The standard InChI is InChI=1S/C19H21ClN2O3/c1-12(2)11-22-19(20)15(13(3)21-22)5-6-16(23)14-4-7-17-18(10-14)25-9-8-24-17/h4-7,10,12H,8-9,11H2,1-3H3/b6-5+. The highest BCUT2D eigenvalue weighted by Crippen LogP contribution is 2.31. The summed E-state index contributed by atoms with van der Waals surface area (Å²) in [6.45, 7) is 7.85. The Hall–Kier alpha value is -2.27. The molecule has 1 aromatic heterocycles. The zero-order chi connectivity index (χ0) is 18.0. The lowest BCUT2D eigenvalue weighted by atomic mass is 10.1. The first kappa shape index (κ1) is 17.5. The van der Waals surface area contributed by atoms with Crippen molar-refractivity contribution in [1.29, 1.82) is 0 Å². The molecule has 0 fully saturated rings. The van der Waals surface area contributed by atoms with Crippen molar-refractivity contribution in [1.82, 2.24) is 9.78 Å². The van der Waals surface area contributed by atoms with Gasteiger partial charge in [0.15, 0.2) is 17.3 Å². The molecular formula is C19H21ClN2O3. The number of aromatic nitrogens is 2. The molecule has 0 amide bonds. The van der Waals surface area contributed by atoms with Crippen LogP contribution in [0.3, 0.4) is 0 Å². The number of benzene rings is 1. The van der Waals surface area contributed by atoms with Crippen molar-refractivity contribution in [2.24, 2.45) is 5.92 Å². The van der Waals surface area contributed by atoms with Gasteiger partial charge in [-0.3, -0.25) is 9.48 Å². The van der Waals surface area contributed by atoms with Gasteiger partial charge in [0.1, 0.15) is 18.4 Å². The second kappa shape index (κ2) is 7.31. The molecule has 1 aliphatic rings. The smallest absolute Gasteiger partial charge is 0.185 e. The van der Waals surface area contributed by atoms with Gasteiger partial charge < -0.3 is 9.47 Å². The largest absolute Gasteiger partial charge is 0.486 e. The fourth-order valence-corrected chi connectivity index (χ4v) is 2.98. The van der Waals surface area contributed by atoms with Crippen LogP contribution in [0.2, 0.25) is 5.15 Å². The first-order chi connectivity index (χ1) is 12.0. The summed E-state index contributed by atoms with van der Waals surface area (Å²) in [5.41, 5.74) is 2.12. The monoisotopic (exact) mass is 360 g/mol. The molecule has 0 aliphatic carbocycles. The Morgan fingerprint density at radius 2 is 2.04 bits per heavy atom. The van der Waals surface area contributed by atoms with E-state index >= 15 is 0 Å². The number of hydrogen-bond acceptors (Lipinski definition) is 4. The molecule has 3 rings (SSSR count). The van der Waals surface area contributed by atoms with Crippen molar-refractivity contribution in [3.63, 3.8) is 0 Å². The summed E-state index contributed by atoms with van der Waals surface area (Å²) < 4.78 is 12.8. The molecule has 0 spiro atoms. The first-order valence-corrected chi connectivity index (χ1v) is 8.68. The van der Waals surface area contributed by atoms with Crippen molar-refractivity contribution in [2.75, 3.05) is 13.2 Å². The van der Waals surface area contributed by atoms with Crippen molar-refractivity contribution < 1.29 is 14.3 Å². The Labute approximate surface area is 152 Å². The molecule has 0 saturated heterocycles. The van der Waals surface area contributed by atoms with Gasteiger partial charge in [0.05, 0.1) is 5.69 Å². The third kappa shape index (κ3) is 3.87. The maximum atomic E-state index is 12.5. The van der Waals surface area contributed by atoms with E-state index in [-0.39, 0.29) is 5.78 Å². The summed E-state index contributed by atoms with van der Waals surface area (Å²) in [6.07, 6.45) is 3.24. The molecule has 1 aliphatic heterocycles. The second-order valence-corrected chi connectivity index (χ2v) is 6.78. The third-order valence-electron chi connectivity index (χ3n) is 3.88. The van der Waals surface area contributed by atoms with Crippen LogP contribution in [-0.2, 0) is 6.54 Å². The van der Waals surface area contributed by atoms with Crippen LogP contribution in [0.15, 0.2) is 24.3 Å². The van der Waals surface area contributed by atoms with E-state index in [9.17, 15) is 4.79 Å². The SMILES string of the molecule is Cc1nn(CC(C)C)c(Cl)c1/C=C/C(=O)c1ccc2c(c1)OCCO2. The molecule has 2 heterocycles. The van der Waals surface area contributed by atoms with E-state index < -0.39 is 0 Å². The topological polar surface area (TPSA) is 53.4 Å². The number of rotatable bonds is 5. The minimum atomic E-state index is -0.121. The molecule has 0 N–H and O–H groups in total. The summed E-state index contributed by atoms with van der Waals surface area (Å²) in [7, 11) is 0. The van der Waals surface area contributed by atoms with Gasteiger partial charge in [-0.1, -0.05) is 25.4 Å². The Morgan fingerprint density at radius 1 is 1.32 bits per heavy atom. The van der Waals surface area contributed by atoms with Crippen LogP contribution in [0.1, 0.15) is 35.5 Å². The van der Waals surface area contributed by atoms with E-state index in [1.807, 2.05) is 6.92 Å². The minimum Gasteiger partial charge on any atom is -0.486 e. The summed E-state index contributed by atoms with van der Waals surface area (Å²) in [4.78, 5) is 12.5. The minimum absolute atomic E-state index is 0.121. The van der Waals surface area contributed by atoms with Crippen LogP contribution in [0.25, 0.3) is 6.08 Å². The molecule has 5 nitrogen and oxygen atoms in total. The number of aryl methyl sites for hydroxylation is 1. The average molecular weight is 361 g/mol. The van der Waals surface area contributed by atoms with Gasteiger partial charge in [0.25, 0.3) is 0 Å². The molecule has 0 saturated carbocycles. The number of halogens is 1. The number of nitrogens with zero attached hydrogens (tertiary/aromatic N) is 2. The van der Waals surface area contributed by atoms with E-state index in [0.717, 1.165) is 17.8 Å². The van der Waals surface area contributed by atoms with Gasteiger partial charge in [-0.05, 0) is 43.2 Å². The average Bonchev–Trinajstić information content (AvgIpc) is 2.85. The highest BCUT2D eigenvalue weighted by atomic mass is 35.5. The Kier molecular flexibility index (Phi) is 5.13. The molecule has 0 unspecified atom stereocenters. The molecule has 1 aromatic carbocycles. The second-order valence-electron chi connectivity index (χ2n) is 6.42.